The molecule has 5 nitrogen and oxygen atoms in total. The van der Waals surface area contributed by atoms with Gasteiger partial charge in [-0.15, -0.1) is 0 Å². The van der Waals surface area contributed by atoms with Crippen LogP contribution < -0.4 is 10.2 Å². The molecule has 1 aromatic heterocycles. The van der Waals surface area contributed by atoms with Gasteiger partial charge in [0.1, 0.15) is 5.69 Å². The van der Waals surface area contributed by atoms with Gasteiger partial charge in [0.05, 0.1) is 15.7 Å². The van der Waals surface area contributed by atoms with Crippen LogP contribution in [0.4, 0.5) is 11.6 Å². The van der Waals surface area contributed by atoms with Crippen molar-refractivity contribution in [2.24, 2.45) is 0 Å². The highest BCUT2D eigenvalue weighted by Crippen LogP contribution is 2.29. The van der Waals surface area contributed by atoms with Gasteiger partial charge in [-0.3, -0.25) is 4.79 Å². The monoisotopic (exact) mass is 350 g/mol. The molecule has 0 radical (unpaired) electrons. The summed E-state index contributed by atoms with van der Waals surface area (Å²) in [6.07, 6.45) is 5.07. The van der Waals surface area contributed by atoms with E-state index in [4.69, 9.17) is 23.2 Å². The molecule has 7 heteroatoms. The second-order valence-electron chi connectivity index (χ2n) is 5.35. The Balaban J connectivity index is 1.78. The van der Waals surface area contributed by atoms with Gasteiger partial charge in [-0.25, -0.2) is 9.97 Å². The lowest BCUT2D eigenvalue weighted by Gasteiger charge is -2.26. The van der Waals surface area contributed by atoms with Gasteiger partial charge in [0.15, 0.2) is 0 Å². The topological polar surface area (TPSA) is 58.1 Å². The lowest BCUT2D eigenvalue weighted by molar-refractivity contribution is 0.102. The molecule has 2 heterocycles. The molecule has 1 N–H and O–H groups in total. The third-order valence-corrected chi connectivity index (χ3v) is 4.53. The summed E-state index contributed by atoms with van der Waals surface area (Å²) in [7, 11) is 0. The molecule has 120 valence electrons. The van der Waals surface area contributed by atoms with Gasteiger partial charge in [-0.05, 0) is 37.5 Å². The second kappa shape index (κ2) is 7.15. The summed E-state index contributed by atoms with van der Waals surface area (Å²) >= 11 is 12.0. The Hall–Kier alpha value is -1.85. The van der Waals surface area contributed by atoms with Crippen molar-refractivity contribution >= 4 is 40.7 Å². The fourth-order valence-corrected chi connectivity index (χ4v) is 2.86. The van der Waals surface area contributed by atoms with Gasteiger partial charge >= 0.3 is 0 Å². The summed E-state index contributed by atoms with van der Waals surface area (Å²) in [6, 6.07) is 6.67. The molecule has 0 aliphatic carbocycles. The summed E-state index contributed by atoms with van der Waals surface area (Å²) in [6.45, 7) is 1.84. The van der Waals surface area contributed by atoms with E-state index < -0.39 is 0 Å². The molecule has 23 heavy (non-hydrogen) atoms. The predicted octanol–water partition coefficient (Wildman–Crippen LogP) is 4.03. The maximum Gasteiger partial charge on any atom is 0.274 e. The number of hydrogen-bond acceptors (Lipinski definition) is 4. The van der Waals surface area contributed by atoms with Crippen LogP contribution in [0, 0.1) is 0 Å². The quantitative estimate of drug-likeness (QED) is 0.907. The minimum atomic E-state index is -0.338. The van der Waals surface area contributed by atoms with Gasteiger partial charge in [0.25, 0.3) is 5.91 Å². The maximum absolute atomic E-state index is 12.4. The molecule has 0 atom stereocenters. The van der Waals surface area contributed by atoms with Gasteiger partial charge in [0, 0.05) is 19.3 Å². The first-order chi connectivity index (χ1) is 11.1. The molecule has 0 bridgehead atoms. The van der Waals surface area contributed by atoms with Crippen LogP contribution in [0.5, 0.6) is 0 Å². The number of benzene rings is 1. The number of amides is 1. The first-order valence-electron chi connectivity index (χ1n) is 7.48. The average Bonchev–Trinajstić information content (AvgIpc) is 2.60. The summed E-state index contributed by atoms with van der Waals surface area (Å²) in [5.41, 5.74) is 0.763. The number of carbonyl (C=O) groups excluding carboxylic acids is 1. The largest absolute Gasteiger partial charge is 0.341 e. The van der Waals surface area contributed by atoms with E-state index in [1.807, 2.05) is 0 Å². The van der Waals surface area contributed by atoms with E-state index in [1.54, 1.807) is 30.5 Å². The zero-order valence-electron chi connectivity index (χ0n) is 12.4. The summed E-state index contributed by atoms with van der Waals surface area (Å²) in [5, 5.41) is 3.44. The first-order valence-corrected chi connectivity index (χ1v) is 8.24. The van der Waals surface area contributed by atoms with E-state index in [0.29, 0.717) is 27.4 Å². The number of hydrogen-bond donors (Lipinski definition) is 1. The summed E-state index contributed by atoms with van der Waals surface area (Å²) in [5.74, 6) is 0.254. The molecule has 1 aromatic carbocycles. The number of nitrogens with one attached hydrogen (secondary N) is 1. The molecule has 1 aliphatic rings. The fourth-order valence-electron chi connectivity index (χ4n) is 2.51. The van der Waals surface area contributed by atoms with E-state index in [-0.39, 0.29) is 5.91 Å². The van der Waals surface area contributed by atoms with Crippen molar-refractivity contribution in [3.63, 3.8) is 0 Å². The van der Waals surface area contributed by atoms with Crippen LogP contribution in [0.2, 0.25) is 10.0 Å². The number of nitrogens with zero attached hydrogens (tertiary/aromatic N) is 3. The molecule has 1 saturated heterocycles. The van der Waals surface area contributed by atoms with Crippen molar-refractivity contribution in [3.8, 4) is 0 Å². The van der Waals surface area contributed by atoms with E-state index in [9.17, 15) is 4.79 Å². The Bertz CT molecular complexity index is 717. The van der Waals surface area contributed by atoms with Gasteiger partial charge in [-0.1, -0.05) is 29.3 Å². The Morgan fingerprint density at radius 3 is 2.70 bits per heavy atom. The Kier molecular flexibility index (Phi) is 4.98. The normalized spacial score (nSPS) is 14.6. The van der Waals surface area contributed by atoms with Gasteiger partial charge in [0.2, 0.25) is 5.95 Å². The van der Waals surface area contributed by atoms with E-state index in [1.165, 1.54) is 6.42 Å². The SMILES string of the molecule is O=C(Nc1cccc(Cl)c1Cl)c1ccnc(N2CCCCC2)n1. The zero-order valence-corrected chi connectivity index (χ0v) is 13.9. The molecule has 0 unspecified atom stereocenters. The lowest BCUT2D eigenvalue weighted by atomic mass is 10.1. The van der Waals surface area contributed by atoms with Crippen molar-refractivity contribution in [3.05, 3.63) is 46.2 Å². The minimum absolute atomic E-state index is 0.302. The molecular weight excluding hydrogens is 335 g/mol. The second-order valence-corrected chi connectivity index (χ2v) is 6.13. The smallest absolute Gasteiger partial charge is 0.274 e. The fraction of sp³-hybridized carbons (Fsp3) is 0.312. The molecule has 1 fully saturated rings. The van der Waals surface area contributed by atoms with Crippen molar-refractivity contribution < 1.29 is 4.79 Å². The molecule has 2 aromatic rings. The Labute approximate surface area is 144 Å². The van der Waals surface area contributed by atoms with Crippen LogP contribution in [0.1, 0.15) is 29.8 Å². The van der Waals surface area contributed by atoms with Crippen molar-refractivity contribution in [1.82, 2.24) is 9.97 Å². The van der Waals surface area contributed by atoms with Crippen LogP contribution in [-0.2, 0) is 0 Å². The van der Waals surface area contributed by atoms with Crippen LogP contribution >= 0.6 is 23.2 Å². The van der Waals surface area contributed by atoms with E-state index in [0.717, 1.165) is 25.9 Å². The van der Waals surface area contributed by atoms with Gasteiger partial charge in [-0.2, -0.15) is 0 Å². The molecular formula is C16H16Cl2N4O. The van der Waals surface area contributed by atoms with Crippen LogP contribution in [-0.4, -0.2) is 29.0 Å². The number of carbonyl (C=O) groups is 1. The zero-order chi connectivity index (χ0) is 16.2. The Morgan fingerprint density at radius 2 is 1.91 bits per heavy atom. The maximum atomic E-state index is 12.4. The molecule has 0 saturated carbocycles. The number of aromatic nitrogens is 2. The predicted molar refractivity (Wildman–Crippen MR) is 92.5 cm³/mol. The van der Waals surface area contributed by atoms with Crippen LogP contribution in [0.15, 0.2) is 30.5 Å². The highest BCUT2D eigenvalue weighted by atomic mass is 35.5. The van der Waals surface area contributed by atoms with Crippen LogP contribution in [0.25, 0.3) is 0 Å². The Morgan fingerprint density at radius 1 is 1.13 bits per heavy atom. The molecule has 1 amide bonds. The number of piperidine rings is 1. The average molecular weight is 351 g/mol. The number of anilines is 2. The lowest BCUT2D eigenvalue weighted by Crippen LogP contribution is -2.31. The molecule has 0 spiro atoms. The van der Waals surface area contributed by atoms with Gasteiger partial charge < -0.3 is 10.2 Å². The molecule has 1 aliphatic heterocycles. The number of halogens is 2. The minimum Gasteiger partial charge on any atom is -0.341 e. The number of rotatable bonds is 3. The third-order valence-electron chi connectivity index (χ3n) is 3.71. The summed E-state index contributed by atoms with van der Waals surface area (Å²) in [4.78, 5) is 23.1. The highest BCUT2D eigenvalue weighted by Gasteiger charge is 2.16. The van der Waals surface area contributed by atoms with Crippen molar-refractivity contribution in [1.29, 1.82) is 0 Å². The standard InChI is InChI=1S/C16H16Cl2N4O/c17-11-5-4-6-12(14(11)18)20-15(23)13-7-8-19-16(21-13)22-9-2-1-3-10-22/h4-8H,1-3,9-10H2,(H,20,23). The van der Waals surface area contributed by atoms with Crippen molar-refractivity contribution in [2.45, 2.75) is 19.3 Å². The van der Waals surface area contributed by atoms with Crippen molar-refractivity contribution in [2.75, 3.05) is 23.3 Å². The van der Waals surface area contributed by atoms with E-state index >= 15 is 0 Å². The summed E-state index contributed by atoms with van der Waals surface area (Å²) < 4.78 is 0. The van der Waals surface area contributed by atoms with Crippen LogP contribution in [0.3, 0.4) is 0 Å². The first kappa shape index (κ1) is 16.0. The third kappa shape index (κ3) is 3.74. The van der Waals surface area contributed by atoms with E-state index in [2.05, 4.69) is 20.2 Å². The molecule has 3 rings (SSSR count). The highest BCUT2D eigenvalue weighted by molar-refractivity contribution is 6.44.